The summed E-state index contributed by atoms with van der Waals surface area (Å²) < 4.78 is 17.5. The highest BCUT2D eigenvalue weighted by molar-refractivity contribution is 9.10. The Morgan fingerprint density at radius 2 is 1.84 bits per heavy atom. The number of rotatable bonds is 8. The maximum Gasteiger partial charge on any atom is 0.191 e. The molecule has 0 fully saturated rings. The van der Waals surface area contributed by atoms with Crippen LogP contribution in [0.25, 0.3) is 0 Å². The third kappa shape index (κ3) is 5.10. The average molecular weight is 333 g/mol. The molecule has 0 heterocycles. The van der Waals surface area contributed by atoms with Gasteiger partial charge < -0.3 is 19.3 Å². The second kappa shape index (κ2) is 8.53. The summed E-state index contributed by atoms with van der Waals surface area (Å²) in [6.07, 6.45) is -0.385. The number of aliphatic hydroxyl groups excluding tert-OH is 1. The van der Waals surface area contributed by atoms with E-state index in [0.717, 1.165) is 15.6 Å². The Labute approximate surface area is 122 Å². The molecule has 0 bridgehead atoms. The first-order valence-corrected chi connectivity index (χ1v) is 7.17. The first kappa shape index (κ1) is 16.4. The molecule has 0 atom stereocenters. The summed E-state index contributed by atoms with van der Waals surface area (Å²) >= 11 is 3.40. The molecule has 4 nitrogen and oxygen atoms in total. The van der Waals surface area contributed by atoms with Gasteiger partial charge in [-0.05, 0) is 38.5 Å². The summed E-state index contributed by atoms with van der Waals surface area (Å²) in [7, 11) is 0. The Morgan fingerprint density at radius 1 is 1.21 bits per heavy atom. The van der Waals surface area contributed by atoms with Crippen LogP contribution in [0.2, 0.25) is 0 Å². The predicted octanol–water partition coefficient (Wildman–Crippen LogP) is 3.03. The fourth-order valence-corrected chi connectivity index (χ4v) is 2.41. The van der Waals surface area contributed by atoms with Crippen LogP contribution in [0.4, 0.5) is 0 Å². The minimum absolute atomic E-state index is 0.0659. The van der Waals surface area contributed by atoms with E-state index in [1.807, 2.05) is 32.9 Å². The van der Waals surface area contributed by atoms with Crippen LogP contribution in [0.1, 0.15) is 25.0 Å². The fraction of sp³-hybridized carbons (Fsp3) is 0.571. The number of aliphatic hydroxyl groups is 1. The second-order valence-corrected chi connectivity index (χ2v) is 4.94. The summed E-state index contributed by atoms with van der Waals surface area (Å²) in [5.74, 6) is 0.690. The summed E-state index contributed by atoms with van der Waals surface area (Å²) in [6.45, 7) is 7.14. The van der Waals surface area contributed by atoms with Crippen molar-refractivity contribution in [3.05, 3.63) is 27.7 Å². The summed E-state index contributed by atoms with van der Waals surface area (Å²) in [4.78, 5) is 0. The topological polar surface area (TPSA) is 47.9 Å². The quantitative estimate of drug-likeness (QED) is 0.743. The number of hydrogen-bond acceptors (Lipinski definition) is 4. The van der Waals surface area contributed by atoms with Gasteiger partial charge in [-0.3, -0.25) is 0 Å². The monoisotopic (exact) mass is 332 g/mol. The van der Waals surface area contributed by atoms with Crippen molar-refractivity contribution in [2.45, 2.75) is 33.7 Å². The van der Waals surface area contributed by atoms with E-state index in [0.29, 0.717) is 25.6 Å². The number of benzene rings is 1. The van der Waals surface area contributed by atoms with Crippen molar-refractivity contribution >= 4 is 15.9 Å². The highest BCUT2D eigenvalue weighted by Crippen LogP contribution is 2.28. The molecule has 0 spiro atoms. The van der Waals surface area contributed by atoms with Crippen LogP contribution in [-0.4, -0.2) is 31.2 Å². The van der Waals surface area contributed by atoms with Crippen LogP contribution in [-0.2, 0) is 16.1 Å². The molecule has 0 aliphatic rings. The number of aryl methyl sites for hydroxylation is 1. The van der Waals surface area contributed by atoms with Gasteiger partial charge in [0.1, 0.15) is 12.4 Å². The molecule has 0 radical (unpaired) electrons. The van der Waals surface area contributed by atoms with Crippen molar-refractivity contribution in [2.75, 3.05) is 19.8 Å². The van der Waals surface area contributed by atoms with E-state index < -0.39 is 0 Å². The minimum Gasteiger partial charge on any atom is -0.488 e. The van der Waals surface area contributed by atoms with E-state index in [-0.39, 0.29) is 12.9 Å². The van der Waals surface area contributed by atoms with Crippen LogP contribution in [0, 0.1) is 6.92 Å². The van der Waals surface area contributed by atoms with E-state index >= 15 is 0 Å². The van der Waals surface area contributed by atoms with Gasteiger partial charge in [-0.2, -0.15) is 0 Å². The Bertz CT molecular complexity index is 389. The molecule has 1 N–H and O–H groups in total. The number of ether oxygens (including phenoxy) is 3. The third-order valence-electron chi connectivity index (χ3n) is 2.56. The zero-order chi connectivity index (χ0) is 14.3. The molecule has 0 saturated heterocycles. The molecular weight excluding hydrogens is 312 g/mol. The SMILES string of the molecule is CCOC(COc1c(C)cc(Br)cc1CO)OCC. The molecule has 1 aromatic carbocycles. The van der Waals surface area contributed by atoms with Crippen molar-refractivity contribution in [3.63, 3.8) is 0 Å². The van der Waals surface area contributed by atoms with E-state index in [4.69, 9.17) is 14.2 Å². The van der Waals surface area contributed by atoms with Crippen molar-refractivity contribution in [1.82, 2.24) is 0 Å². The zero-order valence-electron chi connectivity index (χ0n) is 11.6. The lowest BCUT2D eigenvalue weighted by Crippen LogP contribution is -2.25. The smallest absolute Gasteiger partial charge is 0.191 e. The van der Waals surface area contributed by atoms with Gasteiger partial charge in [0.25, 0.3) is 0 Å². The molecule has 108 valence electrons. The molecular formula is C14H21BrO4. The van der Waals surface area contributed by atoms with Crippen molar-refractivity contribution in [3.8, 4) is 5.75 Å². The maximum absolute atomic E-state index is 9.38. The van der Waals surface area contributed by atoms with Gasteiger partial charge in [-0.1, -0.05) is 15.9 Å². The molecule has 0 unspecified atom stereocenters. The fourth-order valence-electron chi connectivity index (χ4n) is 1.79. The number of hydrogen-bond donors (Lipinski definition) is 1. The van der Waals surface area contributed by atoms with Gasteiger partial charge in [0.15, 0.2) is 6.29 Å². The minimum atomic E-state index is -0.385. The van der Waals surface area contributed by atoms with Crippen molar-refractivity contribution < 1.29 is 19.3 Å². The maximum atomic E-state index is 9.38. The lowest BCUT2D eigenvalue weighted by atomic mass is 10.1. The van der Waals surface area contributed by atoms with Crippen LogP contribution in [0.5, 0.6) is 5.75 Å². The summed E-state index contributed by atoms with van der Waals surface area (Å²) in [5.41, 5.74) is 1.71. The highest BCUT2D eigenvalue weighted by atomic mass is 79.9. The molecule has 0 aliphatic carbocycles. The van der Waals surface area contributed by atoms with E-state index in [1.165, 1.54) is 0 Å². The van der Waals surface area contributed by atoms with Gasteiger partial charge in [0.05, 0.1) is 6.61 Å². The average Bonchev–Trinajstić information content (AvgIpc) is 2.37. The molecule has 0 saturated carbocycles. The molecule has 5 heteroatoms. The molecule has 0 aliphatic heterocycles. The van der Waals surface area contributed by atoms with Gasteiger partial charge in [-0.15, -0.1) is 0 Å². The van der Waals surface area contributed by atoms with Gasteiger partial charge in [-0.25, -0.2) is 0 Å². The Morgan fingerprint density at radius 3 is 2.37 bits per heavy atom. The largest absolute Gasteiger partial charge is 0.488 e. The summed E-state index contributed by atoms with van der Waals surface area (Å²) in [5, 5.41) is 9.38. The lowest BCUT2D eigenvalue weighted by Gasteiger charge is -2.19. The lowest BCUT2D eigenvalue weighted by molar-refractivity contribution is -0.152. The van der Waals surface area contributed by atoms with Gasteiger partial charge in [0.2, 0.25) is 0 Å². The van der Waals surface area contributed by atoms with E-state index in [9.17, 15) is 5.11 Å². The molecule has 1 rings (SSSR count). The highest BCUT2D eigenvalue weighted by Gasteiger charge is 2.13. The third-order valence-corrected chi connectivity index (χ3v) is 3.01. The van der Waals surface area contributed by atoms with Crippen LogP contribution in [0.3, 0.4) is 0 Å². The van der Waals surface area contributed by atoms with Crippen LogP contribution >= 0.6 is 15.9 Å². The predicted molar refractivity (Wildman–Crippen MR) is 77.3 cm³/mol. The van der Waals surface area contributed by atoms with Crippen LogP contribution < -0.4 is 4.74 Å². The zero-order valence-corrected chi connectivity index (χ0v) is 13.2. The van der Waals surface area contributed by atoms with Gasteiger partial charge >= 0.3 is 0 Å². The normalized spacial score (nSPS) is 11.1. The molecule has 1 aromatic rings. The Hall–Kier alpha value is -0.620. The van der Waals surface area contributed by atoms with E-state index in [1.54, 1.807) is 0 Å². The second-order valence-electron chi connectivity index (χ2n) is 4.02. The summed E-state index contributed by atoms with van der Waals surface area (Å²) in [6, 6.07) is 3.80. The van der Waals surface area contributed by atoms with Crippen molar-refractivity contribution in [2.24, 2.45) is 0 Å². The molecule has 0 amide bonds. The van der Waals surface area contributed by atoms with Crippen molar-refractivity contribution in [1.29, 1.82) is 0 Å². The Balaban J connectivity index is 2.75. The molecule has 19 heavy (non-hydrogen) atoms. The van der Waals surface area contributed by atoms with Crippen LogP contribution in [0.15, 0.2) is 16.6 Å². The number of halogens is 1. The standard InChI is InChI=1S/C14H21BrO4/c1-4-17-13(18-5-2)9-19-14-10(3)6-12(15)7-11(14)8-16/h6-7,13,16H,4-5,8-9H2,1-3H3. The van der Waals surface area contributed by atoms with E-state index in [2.05, 4.69) is 15.9 Å². The van der Waals surface area contributed by atoms with Gasteiger partial charge in [0, 0.05) is 23.2 Å². The molecule has 0 aromatic heterocycles. The Kier molecular flexibility index (Phi) is 7.38. The first-order valence-electron chi connectivity index (χ1n) is 6.38. The first-order chi connectivity index (χ1) is 9.12.